The van der Waals surface area contributed by atoms with Crippen LogP contribution in [0.25, 0.3) is 0 Å². The monoisotopic (exact) mass is 289 g/mol. The zero-order valence-electron chi connectivity index (χ0n) is 11.8. The lowest BCUT2D eigenvalue weighted by Crippen LogP contribution is -2.58. The van der Waals surface area contributed by atoms with Crippen molar-refractivity contribution in [3.8, 4) is 0 Å². The number of hydrogen-bond acceptors (Lipinski definition) is 3. The van der Waals surface area contributed by atoms with Crippen LogP contribution in [0.1, 0.15) is 36.3 Å². The van der Waals surface area contributed by atoms with E-state index in [1.807, 2.05) is 24.3 Å². The molecule has 5 nitrogen and oxygen atoms in total. The average Bonchev–Trinajstić information content (AvgIpc) is 2.92. The Bertz CT molecular complexity index is 563. The van der Waals surface area contributed by atoms with E-state index in [1.165, 1.54) is 5.56 Å². The third-order valence-corrected chi connectivity index (χ3v) is 4.57. The summed E-state index contributed by atoms with van der Waals surface area (Å²) in [4.78, 5) is 24.2. The highest BCUT2D eigenvalue weighted by Gasteiger charge is 2.43. The molecule has 0 radical (unpaired) electrons. The molecule has 1 saturated heterocycles. The van der Waals surface area contributed by atoms with Crippen molar-refractivity contribution in [1.82, 2.24) is 5.32 Å². The van der Waals surface area contributed by atoms with E-state index >= 15 is 0 Å². The molecule has 0 bridgehead atoms. The molecule has 1 aliphatic carbocycles. The third-order valence-electron chi connectivity index (χ3n) is 4.57. The molecule has 0 saturated carbocycles. The Hall–Kier alpha value is -1.88. The van der Waals surface area contributed by atoms with E-state index in [0.29, 0.717) is 26.1 Å². The maximum atomic E-state index is 12.6. The molecule has 1 fully saturated rings. The zero-order chi connectivity index (χ0) is 14.9. The number of fused-ring (bicyclic) bond motifs is 1. The molecule has 1 aromatic carbocycles. The van der Waals surface area contributed by atoms with E-state index in [0.717, 1.165) is 18.4 Å². The number of ether oxygens (including phenoxy) is 1. The Labute approximate surface area is 123 Å². The summed E-state index contributed by atoms with van der Waals surface area (Å²) in [5.74, 6) is -1.38. The quantitative estimate of drug-likeness (QED) is 0.883. The van der Waals surface area contributed by atoms with Gasteiger partial charge < -0.3 is 15.2 Å². The molecule has 1 atom stereocenters. The number of benzene rings is 1. The van der Waals surface area contributed by atoms with Gasteiger partial charge in [-0.15, -0.1) is 0 Å². The Morgan fingerprint density at radius 1 is 1.24 bits per heavy atom. The second kappa shape index (κ2) is 5.48. The first-order chi connectivity index (χ1) is 10.1. The van der Waals surface area contributed by atoms with Crippen LogP contribution in [0.15, 0.2) is 24.3 Å². The fraction of sp³-hybridized carbons (Fsp3) is 0.500. The Kier molecular flexibility index (Phi) is 3.68. The number of amides is 1. The van der Waals surface area contributed by atoms with Crippen molar-refractivity contribution in [2.45, 2.75) is 37.1 Å². The minimum atomic E-state index is -1.17. The molecule has 1 aromatic rings. The van der Waals surface area contributed by atoms with Crippen LogP contribution < -0.4 is 5.32 Å². The highest BCUT2D eigenvalue weighted by atomic mass is 16.5. The normalized spacial score (nSPS) is 23.3. The summed E-state index contributed by atoms with van der Waals surface area (Å²) in [6.07, 6.45) is 2.26. The van der Waals surface area contributed by atoms with Crippen molar-refractivity contribution in [3.63, 3.8) is 0 Å². The fourth-order valence-corrected chi connectivity index (χ4v) is 3.26. The number of aliphatic carboxylic acids is 1. The van der Waals surface area contributed by atoms with Crippen molar-refractivity contribution >= 4 is 11.9 Å². The fourth-order valence-electron chi connectivity index (χ4n) is 3.26. The van der Waals surface area contributed by atoms with E-state index in [2.05, 4.69) is 5.32 Å². The van der Waals surface area contributed by atoms with Gasteiger partial charge in [0.1, 0.15) is 5.54 Å². The topological polar surface area (TPSA) is 75.6 Å². The standard InChI is InChI=1S/C16H19NO4/c18-14(13-6-5-11-3-1-2-4-12(11)13)17-16(15(19)20)7-9-21-10-8-16/h1-4,13H,5-10H2,(H,17,18)(H,19,20)/t13-/m1/s1. The van der Waals surface area contributed by atoms with Gasteiger partial charge in [-0.3, -0.25) is 4.79 Å². The summed E-state index contributed by atoms with van der Waals surface area (Å²) < 4.78 is 5.22. The van der Waals surface area contributed by atoms with Crippen LogP contribution in [0.5, 0.6) is 0 Å². The molecule has 112 valence electrons. The van der Waals surface area contributed by atoms with Crippen molar-refractivity contribution in [1.29, 1.82) is 0 Å². The summed E-state index contributed by atoms with van der Waals surface area (Å²) in [5, 5.41) is 12.3. The number of carbonyl (C=O) groups is 2. The lowest BCUT2D eigenvalue weighted by atomic mass is 9.88. The van der Waals surface area contributed by atoms with Gasteiger partial charge in [0.15, 0.2) is 0 Å². The molecule has 5 heteroatoms. The van der Waals surface area contributed by atoms with Crippen molar-refractivity contribution in [2.24, 2.45) is 0 Å². The highest BCUT2D eigenvalue weighted by molar-refractivity contribution is 5.91. The second-order valence-electron chi connectivity index (χ2n) is 5.78. The van der Waals surface area contributed by atoms with Gasteiger partial charge in [0.2, 0.25) is 5.91 Å². The molecule has 2 aliphatic rings. The number of carboxylic acid groups (broad SMARTS) is 1. The molecule has 0 aromatic heterocycles. The lowest BCUT2D eigenvalue weighted by Gasteiger charge is -2.34. The van der Waals surface area contributed by atoms with Crippen LogP contribution in [0.3, 0.4) is 0 Å². The van der Waals surface area contributed by atoms with Crippen LogP contribution in [0.2, 0.25) is 0 Å². The molecule has 1 amide bonds. The molecule has 2 N–H and O–H groups in total. The number of rotatable bonds is 3. The van der Waals surface area contributed by atoms with Crippen molar-refractivity contribution in [2.75, 3.05) is 13.2 Å². The molecule has 1 aliphatic heterocycles. The van der Waals surface area contributed by atoms with Crippen LogP contribution >= 0.6 is 0 Å². The SMILES string of the molecule is O=C(NC1(C(=O)O)CCOCC1)[C@@H]1CCc2ccccc21. The van der Waals surface area contributed by atoms with Crippen LogP contribution in [0, 0.1) is 0 Å². The smallest absolute Gasteiger partial charge is 0.329 e. The minimum Gasteiger partial charge on any atom is -0.480 e. The summed E-state index contributed by atoms with van der Waals surface area (Å²) in [7, 11) is 0. The van der Waals surface area contributed by atoms with E-state index in [1.54, 1.807) is 0 Å². The maximum Gasteiger partial charge on any atom is 0.329 e. The van der Waals surface area contributed by atoms with Gasteiger partial charge in [0.05, 0.1) is 5.92 Å². The number of aryl methyl sites for hydroxylation is 1. The first-order valence-electron chi connectivity index (χ1n) is 7.33. The van der Waals surface area contributed by atoms with Crippen LogP contribution in [0.4, 0.5) is 0 Å². The largest absolute Gasteiger partial charge is 0.480 e. The molecule has 3 rings (SSSR count). The number of hydrogen-bond donors (Lipinski definition) is 2. The summed E-state index contributed by atoms with van der Waals surface area (Å²) in [6.45, 7) is 0.738. The highest BCUT2D eigenvalue weighted by Crippen LogP contribution is 2.34. The van der Waals surface area contributed by atoms with Gasteiger partial charge >= 0.3 is 5.97 Å². The Morgan fingerprint density at radius 2 is 1.95 bits per heavy atom. The summed E-state index contributed by atoms with van der Waals surface area (Å²) in [6, 6.07) is 7.89. The van der Waals surface area contributed by atoms with Gasteiger partial charge in [-0.25, -0.2) is 4.79 Å². The van der Waals surface area contributed by atoms with E-state index < -0.39 is 11.5 Å². The second-order valence-corrected chi connectivity index (χ2v) is 5.78. The summed E-state index contributed by atoms with van der Waals surface area (Å²) >= 11 is 0. The third kappa shape index (κ3) is 2.53. The number of nitrogens with one attached hydrogen (secondary N) is 1. The van der Waals surface area contributed by atoms with Gasteiger partial charge in [-0.2, -0.15) is 0 Å². The van der Waals surface area contributed by atoms with Gasteiger partial charge in [0.25, 0.3) is 0 Å². The van der Waals surface area contributed by atoms with Crippen LogP contribution in [-0.4, -0.2) is 35.7 Å². The minimum absolute atomic E-state index is 0.177. The van der Waals surface area contributed by atoms with Gasteiger partial charge in [0, 0.05) is 26.1 Å². The predicted octanol–water partition coefficient (Wildman–Crippen LogP) is 1.47. The van der Waals surface area contributed by atoms with Crippen molar-refractivity contribution < 1.29 is 19.4 Å². The molecule has 0 unspecified atom stereocenters. The first kappa shape index (κ1) is 14.1. The lowest BCUT2D eigenvalue weighted by molar-refractivity contribution is -0.152. The Balaban J connectivity index is 1.78. The number of carbonyl (C=O) groups excluding carboxylic acids is 1. The molecular weight excluding hydrogens is 270 g/mol. The van der Waals surface area contributed by atoms with E-state index in [9.17, 15) is 14.7 Å². The summed E-state index contributed by atoms with van der Waals surface area (Å²) in [5.41, 5.74) is 1.05. The van der Waals surface area contributed by atoms with Crippen molar-refractivity contribution in [3.05, 3.63) is 35.4 Å². The molecule has 21 heavy (non-hydrogen) atoms. The number of carboxylic acids is 1. The van der Waals surface area contributed by atoms with Gasteiger partial charge in [-0.05, 0) is 24.0 Å². The molecular formula is C16H19NO4. The van der Waals surface area contributed by atoms with Gasteiger partial charge in [-0.1, -0.05) is 24.3 Å². The Morgan fingerprint density at radius 3 is 2.67 bits per heavy atom. The molecule has 1 heterocycles. The molecule has 0 spiro atoms. The van der Waals surface area contributed by atoms with Crippen LogP contribution in [-0.2, 0) is 20.7 Å². The average molecular weight is 289 g/mol. The first-order valence-corrected chi connectivity index (χ1v) is 7.33. The van der Waals surface area contributed by atoms with E-state index in [4.69, 9.17) is 4.74 Å². The zero-order valence-corrected chi connectivity index (χ0v) is 11.8. The van der Waals surface area contributed by atoms with E-state index in [-0.39, 0.29) is 11.8 Å². The maximum absolute atomic E-state index is 12.6. The predicted molar refractivity (Wildman–Crippen MR) is 76.1 cm³/mol.